The standard InChI is InChI=1S/C15H24/c1-7-14(5)8-12(10(2)3)11(4)13-9-15(13,14)6/h13H,2,7-9H2,1,3-6H3/t13-,14?,15-/m0/s1. The summed E-state index contributed by atoms with van der Waals surface area (Å²) in [5.41, 5.74) is 5.59. The Balaban J connectivity index is 2.43. The fraction of sp³-hybridized carbons (Fsp3) is 0.733. The SMILES string of the molecule is C=C(C)C1=C(C)[C@@H]2C[C@]2(C)C(C)(CC)C1. The van der Waals surface area contributed by atoms with Gasteiger partial charge in [0.1, 0.15) is 0 Å². The fourth-order valence-corrected chi connectivity index (χ4v) is 3.62. The summed E-state index contributed by atoms with van der Waals surface area (Å²) in [6, 6.07) is 0. The molecule has 1 unspecified atom stereocenters. The molecule has 0 saturated heterocycles. The van der Waals surface area contributed by atoms with Crippen LogP contribution in [0.25, 0.3) is 0 Å². The van der Waals surface area contributed by atoms with E-state index in [0.717, 1.165) is 5.92 Å². The highest BCUT2D eigenvalue weighted by atomic mass is 14.7. The number of allylic oxidation sites excluding steroid dienone is 3. The van der Waals surface area contributed by atoms with Gasteiger partial charge >= 0.3 is 0 Å². The third-order valence-electron chi connectivity index (χ3n) is 5.48. The summed E-state index contributed by atoms with van der Waals surface area (Å²) < 4.78 is 0. The zero-order valence-electron chi connectivity index (χ0n) is 10.9. The van der Waals surface area contributed by atoms with Crippen molar-refractivity contribution in [1.82, 2.24) is 0 Å². The molecule has 0 aromatic rings. The van der Waals surface area contributed by atoms with Crippen LogP contribution in [0, 0.1) is 16.7 Å². The molecule has 1 fully saturated rings. The van der Waals surface area contributed by atoms with Crippen molar-refractivity contribution in [3.63, 3.8) is 0 Å². The summed E-state index contributed by atoms with van der Waals surface area (Å²) in [6.07, 6.45) is 3.95. The Morgan fingerprint density at radius 2 is 2.07 bits per heavy atom. The van der Waals surface area contributed by atoms with Crippen LogP contribution < -0.4 is 0 Å². The number of rotatable bonds is 2. The Labute approximate surface area is 94.5 Å². The van der Waals surface area contributed by atoms with Crippen molar-refractivity contribution < 1.29 is 0 Å². The summed E-state index contributed by atoms with van der Waals surface area (Å²) in [7, 11) is 0. The lowest BCUT2D eigenvalue weighted by Crippen LogP contribution is -2.32. The van der Waals surface area contributed by atoms with Gasteiger partial charge in [0.15, 0.2) is 0 Å². The molecule has 2 aliphatic carbocycles. The van der Waals surface area contributed by atoms with Gasteiger partial charge in [-0.1, -0.05) is 38.5 Å². The number of hydrogen-bond acceptors (Lipinski definition) is 0. The topological polar surface area (TPSA) is 0 Å². The Morgan fingerprint density at radius 3 is 2.53 bits per heavy atom. The molecule has 0 heteroatoms. The van der Waals surface area contributed by atoms with Gasteiger partial charge in [-0.15, -0.1) is 0 Å². The first-order valence-electron chi connectivity index (χ1n) is 6.21. The number of fused-ring (bicyclic) bond motifs is 1. The van der Waals surface area contributed by atoms with E-state index < -0.39 is 0 Å². The second-order valence-electron chi connectivity index (χ2n) is 6.21. The van der Waals surface area contributed by atoms with E-state index in [9.17, 15) is 0 Å². The predicted molar refractivity (Wildman–Crippen MR) is 66.7 cm³/mol. The first-order chi connectivity index (χ1) is 6.85. The summed E-state index contributed by atoms with van der Waals surface area (Å²) in [6.45, 7) is 15.9. The molecule has 0 bridgehead atoms. The minimum atomic E-state index is 0.505. The highest BCUT2D eigenvalue weighted by Gasteiger charge is 2.63. The molecule has 0 heterocycles. The molecule has 84 valence electrons. The summed E-state index contributed by atoms with van der Waals surface area (Å²) in [4.78, 5) is 0. The van der Waals surface area contributed by atoms with Crippen LogP contribution in [-0.2, 0) is 0 Å². The lowest BCUT2D eigenvalue weighted by atomic mass is 9.63. The average Bonchev–Trinajstić information content (AvgIpc) is 2.86. The van der Waals surface area contributed by atoms with E-state index in [1.807, 2.05) is 0 Å². The molecular formula is C15H24. The lowest BCUT2D eigenvalue weighted by molar-refractivity contribution is 0.146. The molecule has 0 aromatic heterocycles. The fourth-order valence-electron chi connectivity index (χ4n) is 3.62. The normalized spacial score (nSPS) is 43.9. The van der Waals surface area contributed by atoms with Gasteiger partial charge in [0.2, 0.25) is 0 Å². The molecule has 0 radical (unpaired) electrons. The van der Waals surface area contributed by atoms with Gasteiger partial charge in [-0.25, -0.2) is 0 Å². The molecule has 0 amide bonds. The molecule has 3 atom stereocenters. The minimum Gasteiger partial charge on any atom is -0.0958 e. The van der Waals surface area contributed by atoms with E-state index in [2.05, 4.69) is 41.2 Å². The van der Waals surface area contributed by atoms with Crippen LogP contribution in [0.4, 0.5) is 0 Å². The van der Waals surface area contributed by atoms with Crippen molar-refractivity contribution >= 4 is 0 Å². The minimum absolute atomic E-state index is 0.505. The quantitative estimate of drug-likeness (QED) is 0.610. The first-order valence-corrected chi connectivity index (χ1v) is 6.21. The molecule has 15 heavy (non-hydrogen) atoms. The first kappa shape index (κ1) is 11.0. The van der Waals surface area contributed by atoms with Crippen LogP contribution in [0.15, 0.2) is 23.3 Å². The van der Waals surface area contributed by atoms with Crippen molar-refractivity contribution in [3.8, 4) is 0 Å². The van der Waals surface area contributed by atoms with Crippen molar-refractivity contribution in [2.45, 2.75) is 53.9 Å². The summed E-state index contributed by atoms with van der Waals surface area (Å²) in [5.74, 6) is 0.850. The van der Waals surface area contributed by atoms with Crippen LogP contribution in [0.2, 0.25) is 0 Å². The van der Waals surface area contributed by atoms with Gasteiger partial charge in [-0.05, 0) is 55.4 Å². The summed E-state index contributed by atoms with van der Waals surface area (Å²) >= 11 is 0. The summed E-state index contributed by atoms with van der Waals surface area (Å²) in [5, 5.41) is 0. The smallest absolute Gasteiger partial charge is 0.0135 e. The van der Waals surface area contributed by atoms with E-state index >= 15 is 0 Å². The van der Waals surface area contributed by atoms with Crippen molar-refractivity contribution in [2.75, 3.05) is 0 Å². The molecule has 0 aliphatic heterocycles. The van der Waals surface area contributed by atoms with Crippen LogP contribution in [0.3, 0.4) is 0 Å². The van der Waals surface area contributed by atoms with Gasteiger partial charge in [-0.3, -0.25) is 0 Å². The van der Waals surface area contributed by atoms with E-state index in [-0.39, 0.29) is 0 Å². The Hall–Kier alpha value is -0.520. The van der Waals surface area contributed by atoms with Gasteiger partial charge < -0.3 is 0 Å². The van der Waals surface area contributed by atoms with E-state index in [1.165, 1.54) is 24.8 Å². The molecular weight excluding hydrogens is 180 g/mol. The van der Waals surface area contributed by atoms with Crippen LogP contribution >= 0.6 is 0 Å². The van der Waals surface area contributed by atoms with Gasteiger partial charge in [0.05, 0.1) is 0 Å². The van der Waals surface area contributed by atoms with E-state index in [4.69, 9.17) is 0 Å². The molecule has 0 nitrogen and oxygen atoms in total. The van der Waals surface area contributed by atoms with Crippen LogP contribution in [0.5, 0.6) is 0 Å². The molecule has 0 spiro atoms. The lowest BCUT2D eigenvalue weighted by Gasteiger charge is -2.41. The third kappa shape index (κ3) is 1.26. The average molecular weight is 204 g/mol. The van der Waals surface area contributed by atoms with E-state index in [0.29, 0.717) is 10.8 Å². The largest absolute Gasteiger partial charge is 0.0958 e. The van der Waals surface area contributed by atoms with Gasteiger partial charge in [-0.2, -0.15) is 0 Å². The maximum absolute atomic E-state index is 4.15. The molecule has 0 N–H and O–H groups in total. The van der Waals surface area contributed by atoms with Gasteiger partial charge in [0.25, 0.3) is 0 Å². The van der Waals surface area contributed by atoms with Crippen molar-refractivity contribution in [2.24, 2.45) is 16.7 Å². The van der Waals surface area contributed by atoms with Crippen molar-refractivity contribution in [1.29, 1.82) is 0 Å². The zero-order valence-corrected chi connectivity index (χ0v) is 10.9. The maximum Gasteiger partial charge on any atom is -0.0135 e. The molecule has 1 saturated carbocycles. The van der Waals surface area contributed by atoms with E-state index in [1.54, 1.807) is 11.1 Å². The highest BCUT2D eigenvalue weighted by molar-refractivity contribution is 5.42. The Kier molecular flexibility index (Phi) is 2.19. The molecule has 0 aromatic carbocycles. The highest BCUT2D eigenvalue weighted by Crippen LogP contribution is 2.72. The number of hydrogen-bond donors (Lipinski definition) is 0. The second-order valence-corrected chi connectivity index (χ2v) is 6.21. The predicted octanol–water partition coefficient (Wildman–Crippen LogP) is 4.73. The van der Waals surface area contributed by atoms with Crippen molar-refractivity contribution in [3.05, 3.63) is 23.3 Å². The van der Waals surface area contributed by atoms with Gasteiger partial charge in [0, 0.05) is 0 Å². The second kappa shape index (κ2) is 2.99. The third-order valence-corrected chi connectivity index (χ3v) is 5.48. The molecule has 2 rings (SSSR count). The Morgan fingerprint density at radius 1 is 1.47 bits per heavy atom. The van der Waals surface area contributed by atoms with Crippen LogP contribution in [-0.4, -0.2) is 0 Å². The van der Waals surface area contributed by atoms with Crippen LogP contribution in [0.1, 0.15) is 53.9 Å². The Bertz CT molecular complexity index is 347. The zero-order chi connectivity index (χ0) is 11.4. The molecule has 2 aliphatic rings. The maximum atomic E-state index is 4.15. The monoisotopic (exact) mass is 204 g/mol.